The summed E-state index contributed by atoms with van der Waals surface area (Å²) < 4.78 is 5.12. The molecule has 1 aliphatic heterocycles. The summed E-state index contributed by atoms with van der Waals surface area (Å²) in [6, 6.07) is 6.63. The third kappa shape index (κ3) is 4.46. The number of carbonyl (C=O) groups excluding carboxylic acids is 4. The topological polar surface area (TPSA) is 105 Å². The molecule has 1 fully saturated rings. The van der Waals surface area contributed by atoms with Gasteiger partial charge in [-0.25, -0.2) is 4.79 Å². The highest BCUT2D eigenvalue weighted by Gasteiger charge is 2.49. The number of hydrogen-bond donors (Lipinski definition) is 2. The van der Waals surface area contributed by atoms with Gasteiger partial charge in [-0.2, -0.15) is 0 Å². The molecule has 0 aliphatic carbocycles. The van der Waals surface area contributed by atoms with Crippen molar-refractivity contribution in [3.05, 3.63) is 24.3 Å². The van der Waals surface area contributed by atoms with E-state index in [0.717, 1.165) is 9.80 Å². The van der Waals surface area contributed by atoms with Gasteiger partial charge in [0.25, 0.3) is 11.8 Å². The number of anilines is 1. The summed E-state index contributed by atoms with van der Waals surface area (Å²) in [5, 5.41) is 5.35. The molecule has 28 heavy (non-hydrogen) atoms. The van der Waals surface area contributed by atoms with Crippen LogP contribution >= 0.6 is 11.8 Å². The van der Waals surface area contributed by atoms with Crippen molar-refractivity contribution in [3.8, 4) is 0 Å². The lowest BCUT2D eigenvalue weighted by molar-refractivity contribution is -0.155. The van der Waals surface area contributed by atoms with Gasteiger partial charge < -0.3 is 15.4 Å². The number of rotatable bonds is 8. The molecule has 2 N–H and O–H groups in total. The Kier molecular flexibility index (Phi) is 7.06. The number of nitrogens with zero attached hydrogens (tertiary/aromatic N) is 1. The first-order chi connectivity index (χ1) is 13.3. The molecule has 1 aliphatic rings. The molecule has 1 atom stereocenters. The van der Waals surface area contributed by atoms with Gasteiger partial charge in [0.15, 0.2) is 6.10 Å². The lowest BCUT2D eigenvalue weighted by atomic mass is 9.93. The summed E-state index contributed by atoms with van der Waals surface area (Å²) in [5.74, 6) is -1.78. The molecule has 0 spiro atoms. The number of esters is 1. The first kappa shape index (κ1) is 21.7. The molecule has 1 aromatic rings. The van der Waals surface area contributed by atoms with E-state index in [-0.39, 0.29) is 0 Å². The van der Waals surface area contributed by atoms with E-state index in [2.05, 4.69) is 10.6 Å². The molecule has 8 nitrogen and oxygen atoms in total. The molecule has 0 aromatic heterocycles. The SMILES string of the molecule is CCC1(CC)NC(=O)N(CC(=O)O[C@@H](C)C(=O)Nc2ccccc2SC)C1=O. The third-order valence-electron chi connectivity index (χ3n) is 4.78. The largest absolute Gasteiger partial charge is 0.451 e. The van der Waals surface area contributed by atoms with Crippen LogP contribution in [0.25, 0.3) is 0 Å². The van der Waals surface area contributed by atoms with Crippen LogP contribution < -0.4 is 10.6 Å². The van der Waals surface area contributed by atoms with E-state index in [9.17, 15) is 19.2 Å². The zero-order valence-electron chi connectivity index (χ0n) is 16.4. The fourth-order valence-electron chi connectivity index (χ4n) is 2.95. The van der Waals surface area contributed by atoms with Gasteiger partial charge in [-0.05, 0) is 38.2 Å². The maximum atomic E-state index is 12.5. The minimum absolute atomic E-state index is 0.424. The maximum Gasteiger partial charge on any atom is 0.327 e. The third-order valence-corrected chi connectivity index (χ3v) is 5.58. The molecule has 0 bridgehead atoms. The van der Waals surface area contributed by atoms with Crippen LogP contribution in [0.3, 0.4) is 0 Å². The van der Waals surface area contributed by atoms with Crippen LogP contribution in [-0.4, -0.2) is 53.2 Å². The fraction of sp³-hybridized carbons (Fsp3) is 0.474. The molecule has 152 valence electrons. The van der Waals surface area contributed by atoms with Gasteiger partial charge in [-0.3, -0.25) is 19.3 Å². The number of benzene rings is 1. The second kappa shape index (κ2) is 9.09. The summed E-state index contributed by atoms with van der Waals surface area (Å²) >= 11 is 1.48. The van der Waals surface area contributed by atoms with Crippen LogP contribution in [0.4, 0.5) is 10.5 Å². The Labute approximate surface area is 168 Å². The molecular formula is C19H25N3O5S. The number of hydrogen-bond acceptors (Lipinski definition) is 6. The van der Waals surface area contributed by atoms with E-state index in [1.54, 1.807) is 26.0 Å². The van der Waals surface area contributed by atoms with Gasteiger partial charge in [0, 0.05) is 4.90 Å². The second-order valence-electron chi connectivity index (χ2n) is 6.43. The van der Waals surface area contributed by atoms with Gasteiger partial charge in [0.1, 0.15) is 12.1 Å². The number of urea groups is 1. The second-order valence-corrected chi connectivity index (χ2v) is 7.28. The smallest absolute Gasteiger partial charge is 0.327 e. The monoisotopic (exact) mass is 407 g/mol. The van der Waals surface area contributed by atoms with Crippen LogP contribution in [0, 0.1) is 0 Å². The molecule has 1 aromatic carbocycles. The number of ether oxygens (including phenoxy) is 1. The molecule has 4 amide bonds. The Hall–Kier alpha value is -2.55. The van der Waals surface area contributed by atoms with Gasteiger partial charge >= 0.3 is 12.0 Å². The van der Waals surface area contributed by atoms with Crippen molar-refractivity contribution in [3.63, 3.8) is 0 Å². The Balaban J connectivity index is 1.96. The Bertz CT molecular complexity index is 779. The van der Waals surface area contributed by atoms with E-state index in [0.29, 0.717) is 18.5 Å². The number of nitrogens with one attached hydrogen (secondary N) is 2. The standard InChI is InChI=1S/C19H25N3O5S/c1-5-19(6-2)17(25)22(18(26)21-19)11-15(23)27-12(3)16(24)20-13-9-7-8-10-14(13)28-4/h7-10,12H,5-6,11H2,1-4H3,(H,20,24)(H,21,26)/t12-/m0/s1. The maximum absolute atomic E-state index is 12.5. The van der Waals surface area contributed by atoms with Crippen LogP contribution in [0.1, 0.15) is 33.6 Å². The fourth-order valence-corrected chi connectivity index (χ4v) is 3.50. The summed E-state index contributed by atoms with van der Waals surface area (Å²) in [5.41, 5.74) is -0.366. The zero-order chi connectivity index (χ0) is 20.9. The van der Waals surface area contributed by atoms with Gasteiger partial charge in [0.05, 0.1) is 5.69 Å². The number of imide groups is 1. The lowest BCUT2D eigenvalue weighted by Crippen LogP contribution is -2.46. The molecule has 2 rings (SSSR count). The summed E-state index contributed by atoms with van der Waals surface area (Å²) in [7, 11) is 0. The highest BCUT2D eigenvalue weighted by molar-refractivity contribution is 7.98. The normalized spacial score (nSPS) is 16.5. The average molecular weight is 407 g/mol. The van der Waals surface area contributed by atoms with E-state index >= 15 is 0 Å². The molecule has 0 saturated carbocycles. The number of carbonyl (C=O) groups is 4. The predicted molar refractivity (Wildman–Crippen MR) is 106 cm³/mol. The van der Waals surface area contributed by atoms with Crippen LogP contribution in [0.2, 0.25) is 0 Å². The molecule has 0 radical (unpaired) electrons. The minimum atomic E-state index is -1.08. The molecule has 9 heteroatoms. The molecular weight excluding hydrogens is 382 g/mol. The van der Waals surface area contributed by atoms with E-state index < -0.39 is 42.0 Å². The van der Waals surface area contributed by atoms with Gasteiger partial charge in [-0.1, -0.05) is 26.0 Å². The molecule has 0 unspecified atom stereocenters. The highest BCUT2D eigenvalue weighted by Crippen LogP contribution is 2.26. The van der Waals surface area contributed by atoms with Gasteiger partial charge in [-0.15, -0.1) is 11.8 Å². The van der Waals surface area contributed by atoms with E-state index in [1.165, 1.54) is 18.7 Å². The quantitative estimate of drug-likeness (QED) is 0.389. The highest BCUT2D eigenvalue weighted by atomic mass is 32.2. The van der Waals surface area contributed by atoms with Crippen molar-refractivity contribution in [2.24, 2.45) is 0 Å². The van der Waals surface area contributed by atoms with Crippen LogP contribution in [-0.2, 0) is 19.1 Å². The van der Waals surface area contributed by atoms with Crippen molar-refractivity contribution < 1.29 is 23.9 Å². The number of para-hydroxylation sites is 1. The first-order valence-corrected chi connectivity index (χ1v) is 10.3. The van der Waals surface area contributed by atoms with E-state index in [1.807, 2.05) is 18.4 Å². The Morgan fingerprint density at radius 2 is 1.89 bits per heavy atom. The van der Waals surface area contributed by atoms with Crippen molar-refractivity contribution in [2.45, 2.75) is 50.2 Å². The lowest BCUT2D eigenvalue weighted by Gasteiger charge is -2.23. The summed E-state index contributed by atoms with van der Waals surface area (Å²) in [4.78, 5) is 50.8. The zero-order valence-corrected chi connectivity index (χ0v) is 17.2. The predicted octanol–water partition coefficient (Wildman–Crippen LogP) is 2.39. The van der Waals surface area contributed by atoms with Crippen LogP contribution in [0.5, 0.6) is 0 Å². The Morgan fingerprint density at radius 3 is 2.46 bits per heavy atom. The van der Waals surface area contributed by atoms with Crippen molar-refractivity contribution in [1.82, 2.24) is 10.2 Å². The summed E-state index contributed by atoms with van der Waals surface area (Å²) in [6.45, 7) is 4.49. The van der Waals surface area contributed by atoms with Crippen molar-refractivity contribution in [1.29, 1.82) is 0 Å². The number of amides is 4. The average Bonchev–Trinajstić information content (AvgIpc) is 2.92. The minimum Gasteiger partial charge on any atom is -0.451 e. The van der Waals surface area contributed by atoms with Crippen molar-refractivity contribution in [2.75, 3.05) is 18.1 Å². The molecule has 1 saturated heterocycles. The van der Waals surface area contributed by atoms with Crippen LogP contribution in [0.15, 0.2) is 29.2 Å². The number of thioether (sulfide) groups is 1. The Morgan fingerprint density at radius 1 is 1.25 bits per heavy atom. The van der Waals surface area contributed by atoms with E-state index in [4.69, 9.17) is 4.74 Å². The molecule has 1 heterocycles. The first-order valence-electron chi connectivity index (χ1n) is 9.05. The van der Waals surface area contributed by atoms with Crippen molar-refractivity contribution >= 4 is 41.3 Å². The van der Waals surface area contributed by atoms with Gasteiger partial charge in [0.2, 0.25) is 0 Å². The summed E-state index contributed by atoms with van der Waals surface area (Å²) in [6.07, 6.45) is 1.66.